The van der Waals surface area contributed by atoms with Crippen LogP contribution in [0.1, 0.15) is 45.8 Å². The van der Waals surface area contributed by atoms with Crippen molar-refractivity contribution in [3.63, 3.8) is 0 Å². The Morgan fingerprint density at radius 2 is 1.65 bits per heavy atom. The summed E-state index contributed by atoms with van der Waals surface area (Å²) < 4.78 is 13.4. The van der Waals surface area contributed by atoms with Gasteiger partial charge in [0.25, 0.3) is 0 Å². The first-order valence-corrected chi connectivity index (χ1v) is 7.20. The van der Waals surface area contributed by atoms with E-state index in [1.165, 1.54) is 24.0 Å². The van der Waals surface area contributed by atoms with Gasteiger partial charge in [-0.25, -0.2) is 4.39 Å². The molecule has 104 valence electrons. The normalized spacial score (nSPS) is 15.2. The van der Waals surface area contributed by atoms with Crippen LogP contribution >= 0.6 is 0 Å². The van der Waals surface area contributed by atoms with Crippen LogP contribution in [0.2, 0.25) is 0 Å². The number of aryl methyl sites for hydroxylation is 4. The number of benzene rings is 2. The Bertz CT molecular complexity index is 637. The first-order chi connectivity index (χ1) is 9.56. The zero-order valence-corrected chi connectivity index (χ0v) is 12.0. The molecule has 0 spiro atoms. The van der Waals surface area contributed by atoms with Crippen LogP contribution in [0.5, 0.6) is 0 Å². The number of rotatable bonds is 2. The van der Waals surface area contributed by atoms with E-state index in [2.05, 4.69) is 18.2 Å². The topological polar surface area (TPSA) is 26.0 Å². The molecule has 20 heavy (non-hydrogen) atoms. The smallest absolute Gasteiger partial charge is 0.123 e. The van der Waals surface area contributed by atoms with Crippen molar-refractivity contribution in [2.45, 2.75) is 39.2 Å². The van der Waals surface area contributed by atoms with E-state index in [1.807, 2.05) is 13.8 Å². The quantitative estimate of drug-likeness (QED) is 0.876. The third-order valence-corrected chi connectivity index (χ3v) is 4.35. The van der Waals surface area contributed by atoms with Gasteiger partial charge in [0.05, 0.1) is 6.04 Å². The summed E-state index contributed by atoms with van der Waals surface area (Å²) in [6.45, 7) is 3.86. The first kappa shape index (κ1) is 13.3. The van der Waals surface area contributed by atoms with Crippen LogP contribution in [0, 0.1) is 19.7 Å². The fourth-order valence-electron chi connectivity index (χ4n) is 3.36. The average Bonchev–Trinajstić information content (AvgIpc) is 2.84. The molecule has 0 fully saturated rings. The van der Waals surface area contributed by atoms with Gasteiger partial charge in [0.1, 0.15) is 5.82 Å². The van der Waals surface area contributed by atoms with E-state index in [1.54, 1.807) is 12.1 Å². The zero-order valence-electron chi connectivity index (χ0n) is 12.0. The summed E-state index contributed by atoms with van der Waals surface area (Å²) in [5, 5.41) is 0. The molecule has 2 aromatic carbocycles. The fraction of sp³-hybridized carbons (Fsp3) is 0.333. The molecule has 1 unspecified atom stereocenters. The third kappa shape index (κ3) is 2.25. The number of fused-ring (bicyclic) bond motifs is 1. The van der Waals surface area contributed by atoms with Gasteiger partial charge < -0.3 is 5.73 Å². The second-order valence-corrected chi connectivity index (χ2v) is 5.81. The Balaban J connectivity index is 2.03. The van der Waals surface area contributed by atoms with Crippen molar-refractivity contribution in [2.24, 2.45) is 5.73 Å². The Hall–Kier alpha value is -1.67. The van der Waals surface area contributed by atoms with Gasteiger partial charge in [-0.3, -0.25) is 0 Å². The predicted molar refractivity (Wildman–Crippen MR) is 80.4 cm³/mol. The van der Waals surface area contributed by atoms with Gasteiger partial charge in [0, 0.05) is 0 Å². The third-order valence-electron chi connectivity index (χ3n) is 4.35. The molecule has 0 aromatic heterocycles. The minimum Gasteiger partial charge on any atom is -0.320 e. The molecule has 0 aliphatic heterocycles. The van der Waals surface area contributed by atoms with Gasteiger partial charge >= 0.3 is 0 Å². The largest absolute Gasteiger partial charge is 0.320 e. The maximum atomic E-state index is 13.4. The van der Waals surface area contributed by atoms with E-state index >= 15 is 0 Å². The van der Waals surface area contributed by atoms with Gasteiger partial charge in [-0.05, 0) is 78.6 Å². The van der Waals surface area contributed by atoms with Crippen molar-refractivity contribution in [1.82, 2.24) is 0 Å². The molecule has 0 heterocycles. The molecule has 2 heteroatoms. The molecule has 0 amide bonds. The molecule has 0 radical (unpaired) electrons. The highest BCUT2D eigenvalue weighted by atomic mass is 19.1. The predicted octanol–water partition coefficient (Wildman–Crippen LogP) is 3.98. The lowest BCUT2D eigenvalue weighted by molar-refractivity contribution is 0.623. The van der Waals surface area contributed by atoms with E-state index in [0.29, 0.717) is 0 Å². The van der Waals surface area contributed by atoms with Crippen LogP contribution in [0.25, 0.3) is 0 Å². The maximum absolute atomic E-state index is 13.4. The van der Waals surface area contributed by atoms with Crippen LogP contribution in [-0.2, 0) is 12.8 Å². The summed E-state index contributed by atoms with van der Waals surface area (Å²) in [6, 6.07) is 9.50. The minimum absolute atomic E-state index is 0.179. The van der Waals surface area contributed by atoms with Crippen molar-refractivity contribution in [2.75, 3.05) is 0 Å². The molecular formula is C18H20FN. The summed E-state index contributed by atoms with van der Waals surface area (Å²) in [5.41, 5.74) is 13.3. The lowest BCUT2D eigenvalue weighted by atomic mass is 9.90. The van der Waals surface area contributed by atoms with Gasteiger partial charge in [-0.2, -0.15) is 0 Å². The Kier molecular flexibility index (Phi) is 3.35. The van der Waals surface area contributed by atoms with Crippen LogP contribution < -0.4 is 5.73 Å². The van der Waals surface area contributed by atoms with Gasteiger partial charge in [0.2, 0.25) is 0 Å². The first-order valence-electron chi connectivity index (χ1n) is 7.20. The summed E-state index contributed by atoms with van der Waals surface area (Å²) in [4.78, 5) is 0. The van der Waals surface area contributed by atoms with E-state index in [9.17, 15) is 4.39 Å². The second-order valence-electron chi connectivity index (χ2n) is 5.81. The molecule has 3 rings (SSSR count). The minimum atomic E-state index is -0.190. The van der Waals surface area contributed by atoms with Crippen LogP contribution in [0.4, 0.5) is 4.39 Å². The number of nitrogens with two attached hydrogens (primary N) is 1. The van der Waals surface area contributed by atoms with Gasteiger partial charge in [0.15, 0.2) is 0 Å². The highest BCUT2D eigenvalue weighted by molar-refractivity contribution is 5.44. The average molecular weight is 269 g/mol. The molecular weight excluding hydrogens is 249 g/mol. The number of hydrogen-bond donors (Lipinski definition) is 1. The van der Waals surface area contributed by atoms with Crippen molar-refractivity contribution >= 4 is 0 Å². The molecule has 0 saturated carbocycles. The van der Waals surface area contributed by atoms with Crippen molar-refractivity contribution in [3.8, 4) is 0 Å². The molecule has 1 aliphatic rings. The fourth-order valence-corrected chi connectivity index (χ4v) is 3.36. The Morgan fingerprint density at radius 3 is 2.35 bits per heavy atom. The monoisotopic (exact) mass is 269 g/mol. The standard InChI is InChI=1S/C18H20FN/c1-11-8-16(19)9-12(2)17(11)18(20)15-7-6-13-4-3-5-14(13)10-15/h6-10,18H,3-5,20H2,1-2H3. The maximum Gasteiger partial charge on any atom is 0.123 e. The van der Waals surface area contributed by atoms with Crippen LogP contribution in [-0.4, -0.2) is 0 Å². The highest BCUT2D eigenvalue weighted by Crippen LogP contribution is 2.30. The van der Waals surface area contributed by atoms with Gasteiger partial charge in [-0.1, -0.05) is 18.2 Å². The highest BCUT2D eigenvalue weighted by Gasteiger charge is 2.18. The van der Waals surface area contributed by atoms with Crippen molar-refractivity contribution < 1.29 is 4.39 Å². The molecule has 1 atom stereocenters. The van der Waals surface area contributed by atoms with Crippen LogP contribution in [0.3, 0.4) is 0 Å². The molecule has 1 nitrogen and oxygen atoms in total. The lowest BCUT2D eigenvalue weighted by Gasteiger charge is -2.19. The Morgan fingerprint density at radius 1 is 1.00 bits per heavy atom. The molecule has 0 saturated heterocycles. The summed E-state index contributed by atoms with van der Waals surface area (Å²) in [6.07, 6.45) is 3.57. The lowest BCUT2D eigenvalue weighted by Crippen LogP contribution is -2.15. The van der Waals surface area contributed by atoms with Crippen molar-refractivity contribution in [1.29, 1.82) is 0 Å². The van der Waals surface area contributed by atoms with Crippen LogP contribution in [0.15, 0.2) is 30.3 Å². The van der Waals surface area contributed by atoms with Gasteiger partial charge in [-0.15, -0.1) is 0 Å². The van der Waals surface area contributed by atoms with E-state index in [0.717, 1.165) is 28.7 Å². The van der Waals surface area contributed by atoms with E-state index < -0.39 is 0 Å². The summed E-state index contributed by atoms with van der Waals surface area (Å²) >= 11 is 0. The second kappa shape index (κ2) is 5.02. The van der Waals surface area contributed by atoms with Crippen molar-refractivity contribution in [3.05, 3.63) is 69.5 Å². The summed E-state index contributed by atoms with van der Waals surface area (Å²) in [5.74, 6) is -0.190. The zero-order chi connectivity index (χ0) is 14.3. The Labute approximate surface area is 119 Å². The van der Waals surface area contributed by atoms with E-state index in [4.69, 9.17) is 5.73 Å². The molecule has 0 bridgehead atoms. The number of halogens is 1. The molecule has 2 N–H and O–H groups in total. The molecule has 1 aliphatic carbocycles. The SMILES string of the molecule is Cc1cc(F)cc(C)c1C(N)c1ccc2c(c1)CCC2. The molecule has 2 aromatic rings. The van der Waals surface area contributed by atoms with E-state index in [-0.39, 0.29) is 11.9 Å². The number of hydrogen-bond acceptors (Lipinski definition) is 1. The summed E-state index contributed by atoms with van der Waals surface area (Å²) in [7, 11) is 0.